The van der Waals surface area contributed by atoms with E-state index in [0.717, 1.165) is 17.5 Å². The molecule has 1 fully saturated rings. The number of nitrogens with zero attached hydrogens (tertiary/aromatic N) is 1. The molecule has 1 saturated carbocycles. The summed E-state index contributed by atoms with van der Waals surface area (Å²) in [7, 11) is 0. The minimum atomic E-state index is -0.271. The van der Waals surface area contributed by atoms with Crippen LogP contribution < -0.4 is 11.5 Å². The van der Waals surface area contributed by atoms with Crippen molar-refractivity contribution in [3.63, 3.8) is 0 Å². The molecule has 3 atom stereocenters. The van der Waals surface area contributed by atoms with Gasteiger partial charge in [0.05, 0.1) is 5.52 Å². The van der Waals surface area contributed by atoms with Gasteiger partial charge < -0.3 is 10.2 Å². The van der Waals surface area contributed by atoms with E-state index < -0.39 is 0 Å². The Bertz CT molecular complexity index is 686. The van der Waals surface area contributed by atoms with Gasteiger partial charge in [-0.3, -0.25) is 4.57 Å². The predicted octanol–water partition coefficient (Wildman–Crippen LogP) is 3.44. The van der Waals surface area contributed by atoms with E-state index in [0.29, 0.717) is 24.0 Å². The zero-order valence-electron chi connectivity index (χ0n) is 12.8. The number of fused-ring (bicyclic) bond motifs is 1. The number of nitrogens with two attached hydrogens (primary N) is 1. The van der Waals surface area contributed by atoms with Crippen molar-refractivity contribution in [2.75, 3.05) is 0 Å². The van der Waals surface area contributed by atoms with Crippen LogP contribution in [0, 0.1) is 11.8 Å². The second-order valence-corrected chi connectivity index (χ2v) is 6.34. The number of aryl methyl sites for hydroxylation is 1. The van der Waals surface area contributed by atoms with Gasteiger partial charge in [-0.05, 0) is 42.4 Å². The SMILES string of the molecule is CCCn1c(=O)oc2cc(C(N)C3CCCC3C)ccc21. The molecule has 0 amide bonds. The van der Waals surface area contributed by atoms with Crippen LogP contribution in [0.15, 0.2) is 27.4 Å². The van der Waals surface area contributed by atoms with Gasteiger partial charge in [0.15, 0.2) is 5.58 Å². The van der Waals surface area contributed by atoms with Crippen LogP contribution in [0.1, 0.15) is 51.1 Å². The lowest BCUT2D eigenvalue weighted by atomic mass is 9.86. The summed E-state index contributed by atoms with van der Waals surface area (Å²) in [5.74, 6) is 0.936. The Morgan fingerprint density at radius 3 is 2.90 bits per heavy atom. The fourth-order valence-corrected chi connectivity index (χ4v) is 3.68. The van der Waals surface area contributed by atoms with Gasteiger partial charge in [-0.1, -0.05) is 32.8 Å². The Morgan fingerprint density at radius 2 is 2.24 bits per heavy atom. The summed E-state index contributed by atoms with van der Waals surface area (Å²) in [4.78, 5) is 11.9. The zero-order chi connectivity index (χ0) is 15.0. The summed E-state index contributed by atoms with van der Waals surface area (Å²) < 4.78 is 7.08. The van der Waals surface area contributed by atoms with Crippen molar-refractivity contribution in [1.29, 1.82) is 0 Å². The van der Waals surface area contributed by atoms with Gasteiger partial charge in [-0.2, -0.15) is 0 Å². The number of rotatable bonds is 4. The first-order valence-corrected chi connectivity index (χ1v) is 8.00. The van der Waals surface area contributed by atoms with E-state index in [1.165, 1.54) is 19.3 Å². The first-order chi connectivity index (χ1) is 10.1. The van der Waals surface area contributed by atoms with Crippen molar-refractivity contribution in [1.82, 2.24) is 4.57 Å². The number of hydrogen-bond donors (Lipinski definition) is 1. The van der Waals surface area contributed by atoms with Crippen LogP contribution in [0.2, 0.25) is 0 Å². The van der Waals surface area contributed by atoms with Crippen molar-refractivity contribution in [2.24, 2.45) is 17.6 Å². The lowest BCUT2D eigenvalue weighted by molar-refractivity contribution is 0.351. The lowest BCUT2D eigenvalue weighted by Crippen LogP contribution is -2.23. The smallest absolute Gasteiger partial charge is 0.408 e. The number of oxazole rings is 1. The van der Waals surface area contributed by atoms with Gasteiger partial charge in [0.1, 0.15) is 0 Å². The largest absolute Gasteiger partial charge is 0.419 e. The molecule has 3 rings (SSSR count). The van der Waals surface area contributed by atoms with Crippen LogP contribution in [0.25, 0.3) is 11.1 Å². The second kappa shape index (κ2) is 5.68. The van der Waals surface area contributed by atoms with Gasteiger partial charge in [-0.15, -0.1) is 0 Å². The molecule has 3 unspecified atom stereocenters. The number of hydrogen-bond acceptors (Lipinski definition) is 3. The Balaban J connectivity index is 1.96. The minimum Gasteiger partial charge on any atom is -0.408 e. The van der Waals surface area contributed by atoms with Crippen LogP contribution in [-0.2, 0) is 6.54 Å². The van der Waals surface area contributed by atoms with Crippen LogP contribution in [0.4, 0.5) is 0 Å². The summed E-state index contributed by atoms with van der Waals surface area (Å²) in [5, 5.41) is 0. The summed E-state index contributed by atoms with van der Waals surface area (Å²) in [6.45, 7) is 5.03. The van der Waals surface area contributed by atoms with E-state index in [1.54, 1.807) is 4.57 Å². The molecule has 4 nitrogen and oxygen atoms in total. The molecule has 1 aromatic heterocycles. The molecule has 0 bridgehead atoms. The third-order valence-electron chi connectivity index (χ3n) is 4.91. The molecule has 0 aliphatic heterocycles. The topological polar surface area (TPSA) is 61.2 Å². The van der Waals surface area contributed by atoms with E-state index in [4.69, 9.17) is 10.2 Å². The minimum absolute atomic E-state index is 0.0340. The summed E-state index contributed by atoms with van der Waals surface area (Å²) in [6, 6.07) is 6.02. The Labute approximate surface area is 124 Å². The molecule has 1 aromatic carbocycles. The Morgan fingerprint density at radius 1 is 1.43 bits per heavy atom. The first-order valence-electron chi connectivity index (χ1n) is 8.00. The molecule has 2 aromatic rings. The summed E-state index contributed by atoms with van der Waals surface area (Å²) in [5.41, 5.74) is 9.07. The van der Waals surface area contributed by atoms with Crippen LogP contribution >= 0.6 is 0 Å². The van der Waals surface area contributed by atoms with E-state index in [-0.39, 0.29) is 11.8 Å². The number of benzene rings is 1. The van der Waals surface area contributed by atoms with Crippen molar-refractivity contribution >= 4 is 11.1 Å². The summed E-state index contributed by atoms with van der Waals surface area (Å²) >= 11 is 0. The normalized spacial score (nSPS) is 23.8. The van der Waals surface area contributed by atoms with E-state index in [1.807, 2.05) is 12.1 Å². The molecule has 1 aliphatic carbocycles. The monoisotopic (exact) mass is 288 g/mol. The maximum atomic E-state index is 11.9. The van der Waals surface area contributed by atoms with Crippen molar-refractivity contribution < 1.29 is 4.42 Å². The van der Waals surface area contributed by atoms with E-state index in [2.05, 4.69) is 19.9 Å². The van der Waals surface area contributed by atoms with Crippen molar-refractivity contribution in [3.05, 3.63) is 34.3 Å². The molecule has 0 spiro atoms. The first kappa shape index (κ1) is 14.4. The van der Waals surface area contributed by atoms with Gasteiger partial charge in [0, 0.05) is 12.6 Å². The zero-order valence-corrected chi connectivity index (χ0v) is 12.8. The van der Waals surface area contributed by atoms with E-state index in [9.17, 15) is 4.79 Å². The van der Waals surface area contributed by atoms with Gasteiger partial charge in [-0.25, -0.2) is 4.79 Å². The highest BCUT2D eigenvalue weighted by atomic mass is 16.4. The highest BCUT2D eigenvalue weighted by molar-refractivity contribution is 5.74. The third kappa shape index (κ3) is 2.53. The maximum absolute atomic E-state index is 11.9. The molecule has 0 radical (unpaired) electrons. The Kier molecular flexibility index (Phi) is 3.89. The van der Waals surface area contributed by atoms with Gasteiger partial charge in [0.2, 0.25) is 0 Å². The average Bonchev–Trinajstić information content (AvgIpc) is 3.02. The standard InChI is InChI=1S/C17H24N2O2/c1-3-9-19-14-8-7-12(10-15(14)21-17(19)20)16(18)13-6-4-5-11(13)2/h7-8,10-11,13,16H,3-6,9,18H2,1-2H3. The fourth-order valence-electron chi connectivity index (χ4n) is 3.68. The van der Waals surface area contributed by atoms with Crippen molar-refractivity contribution in [3.8, 4) is 0 Å². The molecule has 1 aliphatic rings. The van der Waals surface area contributed by atoms with Crippen molar-refractivity contribution in [2.45, 2.75) is 52.1 Å². The quantitative estimate of drug-likeness (QED) is 0.937. The lowest BCUT2D eigenvalue weighted by Gasteiger charge is -2.23. The second-order valence-electron chi connectivity index (χ2n) is 6.34. The van der Waals surface area contributed by atoms with Crippen LogP contribution in [0.5, 0.6) is 0 Å². The summed E-state index contributed by atoms with van der Waals surface area (Å²) in [6.07, 6.45) is 4.64. The fraction of sp³-hybridized carbons (Fsp3) is 0.588. The highest BCUT2D eigenvalue weighted by Crippen LogP contribution is 2.39. The molecular formula is C17H24N2O2. The van der Waals surface area contributed by atoms with Gasteiger partial charge >= 0.3 is 5.76 Å². The molecule has 21 heavy (non-hydrogen) atoms. The van der Waals surface area contributed by atoms with Crippen LogP contribution in [0.3, 0.4) is 0 Å². The Hall–Kier alpha value is -1.55. The molecular weight excluding hydrogens is 264 g/mol. The molecule has 114 valence electrons. The molecule has 4 heteroatoms. The average molecular weight is 288 g/mol. The van der Waals surface area contributed by atoms with Gasteiger partial charge in [0.25, 0.3) is 0 Å². The van der Waals surface area contributed by atoms with E-state index >= 15 is 0 Å². The molecule has 1 heterocycles. The number of aromatic nitrogens is 1. The predicted molar refractivity (Wildman–Crippen MR) is 84.2 cm³/mol. The van der Waals surface area contributed by atoms with Crippen LogP contribution in [-0.4, -0.2) is 4.57 Å². The highest BCUT2D eigenvalue weighted by Gasteiger charge is 2.29. The maximum Gasteiger partial charge on any atom is 0.419 e. The molecule has 2 N–H and O–H groups in total. The molecule has 0 saturated heterocycles. The third-order valence-corrected chi connectivity index (χ3v) is 4.91.